The van der Waals surface area contributed by atoms with Crippen LogP contribution in [0.3, 0.4) is 0 Å². The van der Waals surface area contributed by atoms with Crippen LogP contribution in [0.25, 0.3) is 0 Å². The van der Waals surface area contributed by atoms with Crippen LogP contribution >= 0.6 is 0 Å². The van der Waals surface area contributed by atoms with Crippen molar-refractivity contribution in [1.82, 2.24) is 5.32 Å². The Labute approximate surface area is 105 Å². The number of hydrogen-bond donors (Lipinski definition) is 1. The second kappa shape index (κ2) is 6.97. The fraction of sp³-hybridized carbons (Fsp3) is 0.231. The zero-order valence-electron chi connectivity index (χ0n) is 10.1. The monoisotopic (exact) mass is 247 g/mol. The first-order valence-corrected chi connectivity index (χ1v) is 5.16. The lowest BCUT2D eigenvalue weighted by Crippen LogP contribution is -2.21. The molecule has 0 radical (unpaired) electrons. The average Bonchev–Trinajstić information content (AvgIpc) is 2.42. The quantitative estimate of drug-likeness (QED) is 0.479. The molecule has 0 aromatic heterocycles. The maximum absolute atomic E-state index is 11.2. The minimum Gasteiger partial charge on any atom is -0.497 e. The van der Waals surface area contributed by atoms with Gasteiger partial charge in [0.1, 0.15) is 5.75 Å². The van der Waals surface area contributed by atoms with Gasteiger partial charge in [-0.1, -0.05) is 12.1 Å². The zero-order valence-corrected chi connectivity index (χ0v) is 10.1. The molecule has 1 N–H and O–H groups in total. The molecule has 0 aliphatic heterocycles. The van der Waals surface area contributed by atoms with Crippen LogP contribution in [0.2, 0.25) is 0 Å². The molecule has 0 bridgehead atoms. The van der Waals surface area contributed by atoms with E-state index in [9.17, 15) is 9.59 Å². The Morgan fingerprint density at radius 1 is 1.17 bits per heavy atom. The third kappa shape index (κ3) is 4.58. The van der Waals surface area contributed by atoms with Crippen molar-refractivity contribution < 1.29 is 19.1 Å². The predicted molar refractivity (Wildman–Crippen MR) is 64.6 cm³/mol. The van der Waals surface area contributed by atoms with Crippen LogP contribution in [0.1, 0.15) is 5.56 Å². The second-order valence-corrected chi connectivity index (χ2v) is 3.27. The molecule has 1 amide bonds. The molecule has 94 valence electrons. The van der Waals surface area contributed by atoms with E-state index in [0.717, 1.165) is 11.3 Å². The number of ether oxygens (including phenoxy) is 2. The normalized spacial score (nSPS) is 8.78. The second-order valence-electron chi connectivity index (χ2n) is 3.27. The molecular formula is C13H13NO4. The summed E-state index contributed by atoms with van der Waals surface area (Å²) < 4.78 is 9.29. The summed E-state index contributed by atoms with van der Waals surface area (Å²) in [5.41, 5.74) is 0.906. The van der Waals surface area contributed by atoms with E-state index in [1.54, 1.807) is 19.2 Å². The van der Waals surface area contributed by atoms with Crippen molar-refractivity contribution in [1.29, 1.82) is 0 Å². The topological polar surface area (TPSA) is 64.6 Å². The van der Waals surface area contributed by atoms with Gasteiger partial charge in [-0.05, 0) is 17.7 Å². The van der Waals surface area contributed by atoms with E-state index in [4.69, 9.17) is 4.74 Å². The molecule has 0 aliphatic rings. The highest BCUT2D eigenvalue weighted by Gasteiger charge is 1.98. The van der Waals surface area contributed by atoms with Crippen molar-refractivity contribution in [3.8, 4) is 17.6 Å². The van der Waals surface area contributed by atoms with Crippen LogP contribution in [-0.2, 0) is 20.9 Å². The van der Waals surface area contributed by atoms with Crippen LogP contribution in [-0.4, -0.2) is 26.1 Å². The Bertz CT molecular complexity index is 482. The number of benzene rings is 1. The SMILES string of the molecule is COC(=O)C#CC(=O)NCc1ccc(OC)cc1. The van der Waals surface area contributed by atoms with Crippen molar-refractivity contribution in [3.63, 3.8) is 0 Å². The van der Waals surface area contributed by atoms with Crippen molar-refractivity contribution in [2.24, 2.45) is 0 Å². The first-order chi connectivity index (χ1) is 8.65. The highest BCUT2D eigenvalue weighted by atomic mass is 16.5. The minimum atomic E-state index is -0.741. The summed E-state index contributed by atoms with van der Waals surface area (Å²) in [5.74, 6) is 3.64. The van der Waals surface area contributed by atoms with Crippen molar-refractivity contribution >= 4 is 11.9 Å². The first-order valence-electron chi connectivity index (χ1n) is 5.16. The highest BCUT2D eigenvalue weighted by Crippen LogP contribution is 2.10. The molecule has 0 heterocycles. The third-order valence-corrected chi connectivity index (χ3v) is 2.08. The maximum atomic E-state index is 11.2. The number of esters is 1. The van der Waals surface area contributed by atoms with Gasteiger partial charge in [-0.15, -0.1) is 0 Å². The predicted octanol–water partition coefficient (Wildman–Crippen LogP) is 0.488. The van der Waals surface area contributed by atoms with Crippen LogP contribution < -0.4 is 10.1 Å². The molecule has 0 saturated carbocycles. The Kier molecular flexibility index (Phi) is 5.26. The van der Waals surface area contributed by atoms with E-state index < -0.39 is 11.9 Å². The lowest BCUT2D eigenvalue weighted by molar-refractivity contribution is -0.134. The molecule has 0 spiro atoms. The van der Waals surface area contributed by atoms with E-state index in [1.165, 1.54) is 7.11 Å². The maximum Gasteiger partial charge on any atom is 0.384 e. The Morgan fingerprint density at radius 3 is 2.39 bits per heavy atom. The molecule has 0 atom stereocenters. The summed E-state index contributed by atoms with van der Waals surface area (Å²) in [6.07, 6.45) is 0. The van der Waals surface area contributed by atoms with Crippen molar-refractivity contribution in [2.75, 3.05) is 14.2 Å². The van der Waals surface area contributed by atoms with Crippen molar-refractivity contribution in [3.05, 3.63) is 29.8 Å². The number of rotatable bonds is 3. The highest BCUT2D eigenvalue weighted by molar-refractivity contribution is 6.00. The molecule has 0 unspecified atom stereocenters. The Hall–Kier alpha value is -2.48. The van der Waals surface area contributed by atoms with Gasteiger partial charge in [0.25, 0.3) is 5.91 Å². The number of amides is 1. The summed E-state index contributed by atoms with van der Waals surface area (Å²) in [7, 11) is 2.78. The van der Waals surface area contributed by atoms with E-state index in [1.807, 2.05) is 18.1 Å². The van der Waals surface area contributed by atoms with Crippen LogP contribution in [0.5, 0.6) is 5.75 Å². The Morgan fingerprint density at radius 2 is 1.83 bits per heavy atom. The molecular weight excluding hydrogens is 234 g/mol. The summed E-state index contributed by atoms with van der Waals surface area (Å²) in [6.45, 7) is 0.332. The average molecular weight is 247 g/mol. The molecule has 0 fully saturated rings. The van der Waals surface area contributed by atoms with Gasteiger partial charge < -0.3 is 14.8 Å². The van der Waals surface area contributed by atoms with Crippen LogP contribution in [0, 0.1) is 11.8 Å². The molecule has 1 rings (SSSR count). The van der Waals surface area contributed by atoms with Gasteiger partial charge in [-0.3, -0.25) is 4.79 Å². The van der Waals surface area contributed by atoms with E-state index in [0.29, 0.717) is 6.54 Å². The number of hydrogen-bond acceptors (Lipinski definition) is 4. The largest absolute Gasteiger partial charge is 0.497 e. The minimum absolute atomic E-state index is 0.332. The lowest BCUT2D eigenvalue weighted by atomic mass is 10.2. The van der Waals surface area contributed by atoms with E-state index >= 15 is 0 Å². The van der Waals surface area contributed by atoms with E-state index in [2.05, 4.69) is 16.0 Å². The molecule has 5 heteroatoms. The summed E-state index contributed by atoms with van der Waals surface area (Å²) >= 11 is 0. The third-order valence-electron chi connectivity index (χ3n) is 2.08. The molecule has 0 saturated heterocycles. The summed E-state index contributed by atoms with van der Waals surface area (Å²) in [6, 6.07) is 7.24. The number of nitrogens with one attached hydrogen (secondary N) is 1. The Balaban J connectivity index is 2.46. The van der Waals surface area contributed by atoms with Gasteiger partial charge in [-0.2, -0.15) is 0 Å². The number of methoxy groups -OCH3 is 2. The van der Waals surface area contributed by atoms with Gasteiger partial charge in [0, 0.05) is 18.4 Å². The zero-order chi connectivity index (χ0) is 13.4. The molecule has 18 heavy (non-hydrogen) atoms. The number of carbonyl (C=O) groups excluding carboxylic acids is 2. The lowest BCUT2D eigenvalue weighted by Gasteiger charge is -2.03. The fourth-order valence-corrected chi connectivity index (χ4v) is 1.13. The molecule has 5 nitrogen and oxygen atoms in total. The van der Waals surface area contributed by atoms with Crippen molar-refractivity contribution in [2.45, 2.75) is 6.54 Å². The van der Waals surface area contributed by atoms with Gasteiger partial charge in [0.15, 0.2) is 0 Å². The van der Waals surface area contributed by atoms with Gasteiger partial charge in [0.05, 0.1) is 14.2 Å². The standard InChI is InChI=1S/C13H13NO4/c1-17-11-5-3-10(4-6-11)9-14-12(15)7-8-13(16)18-2/h3-6H,9H2,1-2H3,(H,14,15). The summed E-state index contributed by atoms with van der Waals surface area (Å²) in [4.78, 5) is 21.9. The molecule has 1 aromatic carbocycles. The molecule has 1 aromatic rings. The smallest absolute Gasteiger partial charge is 0.384 e. The van der Waals surface area contributed by atoms with Gasteiger partial charge in [-0.25, -0.2) is 4.79 Å². The van der Waals surface area contributed by atoms with Gasteiger partial charge in [0.2, 0.25) is 0 Å². The summed E-state index contributed by atoms with van der Waals surface area (Å²) in [5, 5.41) is 2.55. The number of carbonyl (C=O) groups is 2. The first kappa shape index (κ1) is 13.6. The van der Waals surface area contributed by atoms with E-state index in [-0.39, 0.29) is 0 Å². The van der Waals surface area contributed by atoms with Crippen LogP contribution in [0.4, 0.5) is 0 Å². The fourth-order valence-electron chi connectivity index (χ4n) is 1.13. The molecule has 0 aliphatic carbocycles. The van der Waals surface area contributed by atoms with Crippen LogP contribution in [0.15, 0.2) is 24.3 Å². The van der Waals surface area contributed by atoms with Gasteiger partial charge >= 0.3 is 5.97 Å².